The molecule has 5 rings (SSSR count). The predicted molar refractivity (Wildman–Crippen MR) is 152 cm³/mol. The summed E-state index contributed by atoms with van der Waals surface area (Å²) in [4.78, 5) is 18.7. The molecule has 2 saturated heterocycles. The van der Waals surface area contributed by atoms with Crippen LogP contribution in [0.2, 0.25) is 0 Å². The highest BCUT2D eigenvalue weighted by Crippen LogP contribution is 2.44. The lowest BCUT2D eigenvalue weighted by atomic mass is 9.77. The maximum atomic E-state index is 13.9. The molecule has 5 fully saturated rings. The van der Waals surface area contributed by atoms with Gasteiger partial charge < -0.3 is 26.8 Å². The van der Waals surface area contributed by atoms with Gasteiger partial charge in [0.1, 0.15) is 0 Å². The van der Waals surface area contributed by atoms with Crippen LogP contribution in [-0.2, 0) is 9.53 Å². The van der Waals surface area contributed by atoms with Gasteiger partial charge in [0, 0.05) is 37.6 Å². The maximum Gasteiger partial charge on any atom is 0.239 e. The minimum absolute atomic E-state index is 0.00203. The summed E-state index contributed by atoms with van der Waals surface area (Å²) in [6.07, 6.45) is 17.1. The van der Waals surface area contributed by atoms with Gasteiger partial charge in [-0.3, -0.25) is 15.1 Å². The molecular weight excluding hydrogens is 476 g/mol. The Hall–Kier alpha value is -1.22. The summed E-state index contributed by atoms with van der Waals surface area (Å²) in [5.74, 6) is 2.72. The first-order valence-electron chi connectivity index (χ1n) is 15.9. The Morgan fingerprint density at radius 1 is 0.842 bits per heavy atom. The number of carbonyl (C=O) groups is 1. The number of carbonyl (C=O) groups excluding carboxylic acids is 1. The number of nitrogens with two attached hydrogens (primary N) is 3. The van der Waals surface area contributed by atoms with Crippen molar-refractivity contribution in [2.24, 2.45) is 40.9 Å². The van der Waals surface area contributed by atoms with Crippen molar-refractivity contribution in [2.45, 2.75) is 127 Å². The maximum absolute atomic E-state index is 13.9. The fraction of sp³-hybridized carbons (Fsp3) is 0.933. The molecule has 216 valence electrons. The lowest BCUT2D eigenvalue weighted by Crippen LogP contribution is -2.52. The van der Waals surface area contributed by atoms with Crippen molar-refractivity contribution in [1.82, 2.24) is 9.80 Å². The van der Waals surface area contributed by atoms with Crippen LogP contribution >= 0.6 is 0 Å². The number of hydrogen-bond acceptors (Lipinski definition) is 6. The van der Waals surface area contributed by atoms with Crippen LogP contribution in [-0.4, -0.2) is 78.1 Å². The molecule has 4 atom stereocenters. The molecule has 0 bridgehead atoms. The van der Waals surface area contributed by atoms with Gasteiger partial charge in [-0.15, -0.1) is 0 Å². The first kappa shape index (κ1) is 28.3. The molecule has 2 heterocycles. The predicted octanol–water partition coefficient (Wildman–Crippen LogP) is 3.21. The molecule has 0 aromatic carbocycles. The number of piperidine rings is 1. The molecule has 1 amide bonds. The molecule has 0 radical (unpaired) electrons. The molecule has 4 unspecified atom stereocenters. The van der Waals surface area contributed by atoms with Crippen molar-refractivity contribution in [2.75, 3.05) is 26.2 Å². The number of nitrogens with one attached hydrogen (secondary N) is 1. The number of amides is 1. The fourth-order valence-corrected chi connectivity index (χ4v) is 8.47. The van der Waals surface area contributed by atoms with Crippen LogP contribution in [0.1, 0.15) is 96.3 Å². The van der Waals surface area contributed by atoms with Gasteiger partial charge in [-0.1, -0.05) is 0 Å². The highest BCUT2D eigenvalue weighted by molar-refractivity contribution is 5.83. The molecule has 8 nitrogen and oxygen atoms in total. The molecule has 5 aliphatic rings. The summed E-state index contributed by atoms with van der Waals surface area (Å²) in [7, 11) is 0. The Labute approximate surface area is 230 Å². The largest absolute Gasteiger partial charge is 0.387 e. The molecular formula is C30H54N6O2. The number of rotatable bonds is 8. The van der Waals surface area contributed by atoms with E-state index in [1.165, 1.54) is 12.8 Å². The molecule has 7 N–H and O–H groups in total. The quantitative estimate of drug-likeness (QED) is 0.281. The summed E-state index contributed by atoms with van der Waals surface area (Å²) in [6, 6.07) is 0.759. The van der Waals surface area contributed by atoms with E-state index in [4.69, 9.17) is 27.3 Å². The second-order valence-corrected chi connectivity index (χ2v) is 13.4. The van der Waals surface area contributed by atoms with Gasteiger partial charge in [0.15, 0.2) is 0 Å². The molecule has 3 saturated carbocycles. The third-order valence-corrected chi connectivity index (χ3v) is 10.9. The van der Waals surface area contributed by atoms with Crippen LogP contribution in [0.5, 0.6) is 0 Å². The Kier molecular flexibility index (Phi) is 9.66. The van der Waals surface area contributed by atoms with Crippen molar-refractivity contribution in [3.8, 4) is 0 Å². The second kappa shape index (κ2) is 13.0. The molecule has 3 aliphatic carbocycles. The van der Waals surface area contributed by atoms with Crippen LogP contribution in [0.25, 0.3) is 0 Å². The highest BCUT2D eigenvalue weighted by atomic mass is 16.5. The number of likely N-dealkylation sites (tertiary alicyclic amines) is 2. The van der Waals surface area contributed by atoms with Crippen molar-refractivity contribution >= 4 is 11.7 Å². The van der Waals surface area contributed by atoms with E-state index in [1.807, 2.05) is 0 Å². The third-order valence-electron chi connectivity index (χ3n) is 10.9. The van der Waals surface area contributed by atoms with Gasteiger partial charge in [0.05, 0.1) is 24.1 Å². The van der Waals surface area contributed by atoms with Gasteiger partial charge >= 0.3 is 0 Å². The summed E-state index contributed by atoms with van der Waals surface area (Å²) in [5.41, 5.74) is 17.9. The molecule has 8 heteroatoms. The zero-order chi connectivity index (χ0) is 26.6. The summed E-state index contributed by atoms with van der Waals surface area (Å²) < 4.78 is 6.51. The summed E-state index contributed by atoms with van der Waals surface area (Å²) in [5, 5.41) is 8.10. The smallest absolute Gasteiger partial charge is 0.239 e. The van der Waals surface area contributed by atoms with E-state index < -0.39 is 0 Å². The van der Waals surface area contributed by atoms with Crippen molar-refractivity contribution in [3.63, 3.8) is 0 Å². The van der Waals surface area contributed by atoms with Gasteiger partial charge in [0.2, 0.25) is 5.91 Å². The Bertz CT molecular complexity index is 786. The van der Waals surface area contributed by atoms with E-state index in [0.29, 0.717) is 53.8 Å². The fourth-order valence-electron chi connectivity index (χ4n) is 8.47. The number of ether oxygens (including phenoxy) is 1. The van der Waals surface area contributed by atoms with Gasteiger partial charge in [-0.25, -0.2) is 0 Å². The number of nitrogens with zero attached hydrogens (tertiary/aromatic N) is 2. The van der Waals surface area contributed by atoms with Crippen molar-refractivity contribution in [1.29, 1.82) is 5.41 Å². The van der Waals surface area contributed by atoms with E-state index in [2.05, 4.69) is 9.80 Å². The van der Waals surface area contributed by atoms with Gasteiger partial charge in [-0.05, 0) is 121 Å². The molecule has 0 aromatic heterocycles. The number of amidine groups is 1. The SMILES string of the molecule is N=C(N)C1CCC2CC(C(=O)N3CCC(CCN)CC3)N(CC3CCC(OC4CCC(N)CC4)CC3)C2C1. The average molecular weight is 531 g/mol. The number of fused-ring (bicyclic) bond motifs is 1. The molecule has 0 aromatic rings. The van der Waals surface area contributed by atoms with Crippen molar-refractivity contribution in [3.05, 3.63) is 0 Å². The first-order chi connectivity index (χ1) is 18.4. The van der Waals surface area contributed by atoms with E-state index in [0.717, 1.165) is 110 Å². The lowest BCUT2D eigenvalue weighted by Gasteiger charge is -2.41. The van der Waals surface area contributed by atoms with Crippen LogP contribution < -0.4 is 17.2 Å². The van der Waals surface area contributed by atoms with E-state index in [1.54, 1.807) is 0 Å². The van der Waals surface area contributed by atoms with E-state index in [-0.39, 0.29) is 12.0 Å². The number of hydrogen-bond donors (Lipinski definition) is 4. The zero-order valence-corrected chi connectivity index (χ0v) is 23.6. The van der Waals surface area contributed by atoms with E-state index >= 15 is 0 Å². The van der Waals surface area contributed by atoms with E-state index in [9.17, 15) is 4.79 Å². The minimum atomic E-state index is 0.00203. The van der Waals surface area contributed by atoms with Gasteiger partial charge in [0.25, 0.3) is 0 Å². The second-order valence-electron chi connectivity index (χ2n) is 13.4. The zero-order valence-electron chi connectivity index (χ0n) is 23.6. The summed E-state index contributed by atoms with van der Waals surface area (Å²) in [6.45, 7) is 3.52. The molecule has 0 spiro atoms. The Balaban J connectivity index is 1.19. The first-order valence-corrected chi connectivity index (χ1v) is 15.9. The normalized spacial score (nSPS) is 39.2. The van der Waals surface area contributed by atoms with Crippen LogP contribution in [0, 0.1) is 29.1 Å². The third kappa shape index (κ3) is 6.73. The van der Waals surface area contributed by atoms with Crippen molar-refractivity contribution < 1.29 is 9.53 Å². The van der Waals surface area contributed by atoms with Crippen LogP contribution in [0.4, 0.5) is 0 Å². The Morgan fingerprint density at radius 2 is 1.50 bits per heavy atom. The topological polar surface area (TPSA) is 135 Å². The monoisotopic (exact) mass is 530 g/mol. The van der Waals surface area contributed by atoms with Crippen LogP contribution in [0.3, 0.4) is 0 Å². The molecule has 2 aliphatic heterocycles. The molecule has 38 heavy (non-hydrogen) atoms. The standard InChI is InChI=1S/C30H54N6O2/c31-14-11-20-12-15-35(16-13-20)30(37)28-17-22-3-4-23(29(33)34)18-27(22)36(28)19-21-1-7-25(8-2-21)38-26-9-5-24(32)6-10-26/h20-28H,1-19,31-32H2,(H3,33,34). The van der Waals surface area contributed by atoms with Crippen LogP contribution in [0.15, 0.2) is 0 Å². The summed E-state index contributed by atoms with van der Waals surface area (Å²) >= 11 is 0. The minimum Gasteiger partial charge on any atom is -0.387 e. The Morgan fingerprint density at radius 3 is 2.13 bits per heavy atom. The lowest BCUT2D eigenvalue weighted by molar-refractivity contribution is -0.138. The average Bonchev–Trinajstić information content (AvgIpc) is 3.28. The van der Waals surface area contributed by atoms with Gasteiger partial charge in [-0.2, -0.15) is 0 Å². The highest BCUT2D eigenvalue weighted by Gasteiger charge is 2.49.